The SMILES string of the molecule is O=S(=O)(O)O.Oc1cc[c]([K])c(F)c1. The predicted octanol–water partition coefficient (Wildman–Crippen LogP) is -0.328. The molecule has 0 fully saturated rings. The number of aromatic hydroxyl groups is 1. The van der Waals surface area contributed by atoms with Crippen LogP contribution in [0.15, 0.2) is 18.2 Å². The van der Waals surface area contributed by atoms with Crippen molar-refractivity contribution >= 4 is 59.0 Å². The Kier molecular flexibility index (Phi) is 6.33. The van der Waals surface area contributed by atoms with E-state index in [9.17, 15) is 4.39 Å². The van der Waals surface area contributed by atoms with Crippen LogP contribution in [-0.4, -0.2) is 71.6 Å². The Bertz CT molecular complexity index is 397. The van der Waals surface area contributed by atoms with E-state index in [-0.39, 0.29) is 11.6 Å². The molecule has 0 amide bonds. The maximum atomic E-state index is 12.5. The van der Waals surface area contributed by atoms with Crippen LogP contribution in [-0.2, 0) is 10.4 Å². The van der Waals surface area contributed by atoms with Gasteiger partial charge >= 0.3 is 98.3 Å². The van der Waals surface area contributed by atoms with Crippen molar-refractivity contribution in [1.29, 1.82) is 0 Å². The Labute approximate surface area is 114 Å². The molecular weight excluding hydrogens is 242 g/mol. The summed E-state index contributed by atoms with van der Waals surface area (Å²) in [6.07, 6.45) is 0. The molecule has 1 rings (SSSR count). The van der Waals surface area contributed by atoms with Gasteiger partial charge in [0, 0.05) is 0 Å². The van der Waals surface area contributed by atoms with Crippen molar-refractivity contribution in [2.24, 2.45) is 0 Å². The summed E-state index contributed by atoms with van der Waals surface area (Å²) in [5.41, 5.74) is 0. The van der Waals surface area contributed by atoms with Crippen LogP contribution in [0.5, 0.6) is 5.75 Å². The molecule has 0 atom stereocenters. The summed E-state index contributed by atoms with van der Waals surface area (Å²) < 4.78 is 44.8. The minimum atomic E-state index is -4.67. The zero-order valence-electron chi connectivity index (χ0n) is 7.18. The maximum absolute atomic E-state index is 12.5. The Balaban J connectivity index is 0.000000292. The number of hydrogen-bond acceptors (Lipinski definition) is 3. The minimum absolute atomic E-state index is 0.000463. The first kappa shape index (κ1) is 14.5. The first-order valence-corrected chi connectivity index (χ1v) is 6.31. The second-order valence-corrected chi connectivity index (χ2v) is 4.96. The van der Waals surface area contributed by atoms with Crippen molar-refractivity contribution in [3.63, 3.8) is 0 Å². The van der Waals surface area contributed by atoms with E-state index in [1.165, 1.54) is 6.07 Å². The Morgan fingerprint density at radius 2 is 1.71 bits per heavy atom. The zero-order valence-corrected chi connectivity index (χ0v) is 11.1. The summed E-state index contributed by atoms with van der Waals surface area (Å²) >= 11 is 0.352. The van der Waals surface area contributed by atoms with Crippen molar-refractivity contribution < 1.29 is 27.0 Å². The van der Waals surface area contributed by atoms with Gasteiger partial charge in [0.15, 0.2) is 0 Å². The Morgan fingerprint density at radius 3 is 2.00 bits per heavy atom. The molecule has 0 saturated heterocycles. The van der Waals surface area contributed by atoms with Crippen molar-refractivity contribution in [1.82, 2.24) is 0 Å². The van der Waals surface area contributed by atoms with Gasteiger partial charge in [-0.2, -0.15) is 8.42 Å². The van der Waals surface area contributed by atoms with Crippen molar-refractivity contribution in [3.05, 3.63) is 24.0 Å². The van der Waals surface area contributed by atoms with E-state index in [1.807, 2.05) is 0 Å². The summed E-state index contributed by atoms with van der Waals surface area (Å²) in [5.74, 6) is -0.282. The molecule has 0 aliphatic heterocycles. The molecule has 0 spiro atoms. The van der Waals surface area contributed by atoms with Gasteiger partial charge in [0.25, 0.3) is 0 Å². The predicted molar refractivity (Wildman–Crippen MR) is 47.6 cm³/mol. The number of halogens is 1. The van der Waals surface area contributed by atoms with Crippen molar-refractivity contribution in [2.45, 2.75) is 0 Å². The van der Waals surface area contributed by atoms with Crippen LogP contribution in [0.3, 0.4) is 0 Å². The van der Waals surface area contributed by atoms with Crippen molar-refractivity contribution in [3.8, 4) is 5.75 Å². The van der Waals surface area contributed by atoms with Crippen LogP contribution in [0.25, 0.3) is 0 Å². The molecule has 0 aliphatic rings. The summed E-state index contributed by atoms with van der Waals surface area (Å²) in [4.78, 5) is 0. The molecule has 1 aromatic carbocycles. The molecule has 1 aromatic rings. The molecule has 0 bridgehead atoms. The number of hydrogen-bond donors (Lipinski definition) is 3. The van der Waals surface area contributed by atoms with E-state index in [4.69, 9.17) is 22.6 Å². The molecule has 5 nitrogen and oxygen atoms in total. The fourth-order valence-corrected chi connectivity index (χ4v) is 1.07. The van der Waals surface area contributed by atoms with Crippen LogP contribution in [0.4, 0.5) is 4.39 Å². The van der Waals surface area contributed by atoms with Gasteiger partial charge in [-0.05, 0) is 0 Å². The normalized spacial score (nSPS) is 10.4. The average Bonchev–Trinajstić information content (AvgIpc) is 1.94. The molecule has 0 aromatic heterocycles. The van der Waals surface area contributed by atoms with E-state index >= 15 is 0 Å². The summed E-state index contributed by atoms with van der Waals surface area (Å²) in [5, 5.41) is 8.72. The number of rotatable bonds is 0. The van der Waals surface area contributed by atoms with E-state index in [1.54, 1.807) is 6.07 Å². The van der Waals surface area contributed by atoms with Crippen LogP contribution in [0.1, 0.15) is 0 Å². The fourth-order valence-electron chi connectivity index (χ4n) is 0.582. The Morgan fingerprint density at radius 1 is 1.29 bits per heavy atom. The van der Waals surface area contributed by atoms with Crippen LogP contribution in [0.2, 0.25) is 0 Å². The topological polar surface area (TPSA) is 94.8 Å². The van der Waals surface area contributed by atoms with Gasteiger partial charge in [-0.1, -0.05) is 0 Å². The molecule has 0 unspecified atom stereocenters. The first-order valence-electron chi connectivity index (χ1n) is 3.35. The van der Waals surface area contributed by atoms with Crippen LogP contribution < -0.4 is -0.342 Å². The third-order valence-corrected chi connectivity index (χ3v) is 2.42. The summed E-state index contributed by atoms with van der Waals surface area (Å²) in [6, 6.07) is 4.26. The van der Waals surface area contributed by atoms with Gasteiger partial charge in [-0.15, -0.1) is 0 Å². The molecule has 0 heterocycles. The Hall–Kier alpha value is 0.456. The quantitative estimate of drug-likeness (QED) is 0.432. The molecule has 14 heavy (non-hydrogen) atoms. The van der Waals surface area contributed by atoms with Gasteiger partial charge in [-0.3, -0.25) is 9.11 Å². The number of phenols is 1. The van der Waals surface area contributed by atoms with Gasteiger partial charge in [0.2, 0.25) is 0 Å². The van der Waals surface area contributed by atoms with E-state index < -0.39 is 10.4 Å². The molecule has 3 N–H and O–H groups in total. The van der Waals surface area contributed by atoms with Gasteiger partial charge in [-0.25, -0.2) is 0 Å². The molecule has 74 valence electrons. The average molecular weight is 248 g/mol. The van der Waals surface area contributed by atoms with E-state index in [0.29, 0.717) is 49.0 Å². The number of benzene rings is 1. The van der Waals surface area contributed by atoms with Gasteiger partial charge < -0.3 is 0 Å². The van der Waals surface area contributed by atoms with Gasteiger partial charge in [0.1, 0.15) is 0 Å². The summed E-state index contributed by atoms with van der Waals surface area (Å²) in [6.45, 7) is 0. The van der Waals surface area contributed by atoms with Crippen LogP contribution in [0, 0.1) is 5.82 Å². The monoisotopic (exact) mass is 248 g/mol. The van der Waals surface area contributed by atoms with Crippen molar-refractivity contribution in [2.75, 3.05) is 0 Å². The molecule has 0 saturated carbocycles. The zero-order chi connectivity index (χ0) is 11.4. The third kappa shape index (κ3) is 9.03. The van der Waals surface area contributed by atoms with E-state index in [0.717, 1.165) is 5.72 Å². The molecular formula is C6H6FKO5S. The summed E-state index contributed by atoms with van der Waals surface area (Å²) in [7, 11) is -4.67. The third-order valence-electron chi connectivity index (χ3n) is 1.16. The standard InChI is InChI=1S/C6H4FO.K.H2O4S/c7-5-2-1-3-6(8)4-5;;1-5(2,3)4/h1,3-4,8H;;(H2,1,2,3,4). The van der Waals surface area contributed by atoms with Crippen LogP contribution >= 0.6 is 0 Å². The molecule has 0 aliphatic carbocycles. The fraction of sp³-hybridized carbons (Fsp3) is 0. The number of phenolic OH excluding ortho intramolecular Hbond substituents is 1. The second-order valence-electron chi connectivity index (χ2n) is 2.38. The molecule has 8 heteroatoms. The molecule has 0 radical (unpaired) electrons. The second kappa shape index (κ2) is 6.13. The van der Waals surface area contributed by atoms with Gasteiger partial charge in [0.05, 0.1) is 0 Å². The first-order chi connectivity index (χ1) is 6.20. The van der Waals surface area contributed by atoms with E-state index in [2.05, 4.69) is 0 Å².